The average Bonchev–Trinajstić information content (AvgIpc) is 2.85. The molecule has 1 aromatic heterocycles. The highest BCUT2D eigenvalue weighted by molar-refractivity contribution is 6.03. The third-order valence-electron chi connectivity index (χ3n) is 2.87. The van der Waals surface area contributed by atoms with Gasteiger partial charge in [-0.25, -0.2) is 0 Å². The summed E-state index contributed by atoms with van der Waals surface area (Å²) >= 11 is 0. The number of amides is 1. The first-order chi connectivity index (χ1) is 9.19. The Balaban J connectivity index is 1.97. The normalized spacial score (nSPS) is 10.4. The van der Waals surface area contributed by atoms with Gasteiger partial charge in [-0.15, -0.1) is 0 Å². The number of carbonyl (C=O) groups excluding carboxylic acids is 1. The third-order valence-corrected chi connectivity index (χ3v) is 2.87. The second kappa shape index (κ2) is 6.04. The first-order valence-electron chi connectivity index (χ1n) is 6.40. The summed E-state index contributed by atoms with van der Waals surface area (Å²) in [5.74, 6) is 0.0607. The molecule has 0 aliphatic rings. The molecule has 2 aromatic rings. The van der Waals surface area contributed by atoms with Gasteiger partial charge in [-0.05, 0) is 30.5 Å². The van der Waals surface area contributed by atoms with Gasteiger partial charge in [0.1, 0.15) is 11.5 Å². The molecule has 0 aliphatic heterocycles. The van der Waals surface area contributed by atoms with Crippen molar-refractivity contribution in [3.05, 3.63) is 41.6 Å². The second-order valence-corrected chi connectivity index (χ2v) is 4.46. The number of nitrogens with one attached hydrogen (secondary N) is 2. The Labute approximate surface area is 112 Å². The van der Waals surface area contributed by atoms with Crippen LogP contribution in [0, 0.1) is 0 Å². The van der Waals surface area contributed by atoms with Gasteiger partial charge in [-0.3, -0.25) is 9.89 Å². The monoisotopic (exact) mass is 258 g/mol. The number of nitrogens with zero attached hydrogens (tertiary/aromatic N) is 1. The minimum absolute atomic E-state index is 0.245. The smallest absolute Gasteiger partial charge is 0.273 e. The molecule has 1 heterocycles. The number of carbonyl (C=O) groups is 1. The van der Waals surface area contributed by atoms with Crippen LogP contribution in [0.5, 0.6) is 0 Å². The Morgan fingerprint density at radius 2 is 2.11 bits per heavy atom. The van der Waals surface area contributed by atoms with Crippen LogP contribution < -0.4 is 11.1 Å². The molecule has 100 valence electrons. The molecule has 0 saturated heterocycles. The maximum atomic E-state index is 11.8. The number of aromatic nitrogens is 2. The second-order valence-electron chi connectivity index (χ2n) is 4.46. The van der Waals surface area contributed by atoms with Crippen LogP contribution in [0.2, 0.25) is 0 Å². The van der Waals surface area contributed by atoms with Gasteiger partial charge < -0.3 is 11.1 Å². The van der Waals surface area contributed by atoms with Crippen LogP contribution in [0.1, 0.15) is 35.8 Å². The molecule has 1 amide bonds. The van der Waals surface area contributed by atoms with E-state index in [9.17, 15) is 4.79 Å². The molecule has 0 saturated carbocycles. The highest BCUT2D eigenvalue weighted by atomic mass is 16.1. The molecule has 0 radical (unpaired) electrons. The molecule has 4 N–H and O–H groups in total. The zero-order chi connectivity index (χ0) is 13.7. The zero-order valence-electron chi connectivity index (χ0n) is 10.9. The van der Waals surface area contributed by atoms with Gasteiger partial charge in [-0.1, -0.05) is 25.5 Å². The van der Waals surface area contributed by atoms with Crippen molar-refractivity contribution in [2.24, 2.45) is 0 Å². The van der Waals surface area contributed by atoms with Crippen LogP contribution in [0.15, 0.2) is 30.3 Å². The van der Waals surface area contributed by atoms with Gasteiger partial charge in [0.25, 0.3) is 5.91 Å². The number of rotatable bonds is 5. The van der Waals surface area contributed by atoms with E-state index in [-0.39, 0.29) is 5.91 Å². The molecule has 1 aromatic carbocycles. The van der Waals surface area contributed by atoms with Crippen LogP contribution in [0.3, 0.4) is 0 Å². The molecule has 0 spiro atoms. The number of H-pyrrole nitrogens is 1. The number of benzene rings is 1. The number of aryl methyl sites for hydroxylation is 1. The highest BCUT2D eigenvalue weighted by Gasteiger charge is 2.08. The van der Waals surface area contributed by atoms with Gasteiger partial charge in [0, 0.05) is 11.8 Å². The summed E-state index contributed by atoms with van der Waals surface area (Å²) in [6.45, 7) is 2.17. The number of nitrogen functional groups attached to an aromatic ring is 1. The number of anilines is 2. The molecular weight excluding hydrogens is 240 g/mol. The summed E-state index contributed by atoms with van der Waals surface area (Å²) in [6, 6.07) is 9.38. The summed E-state index contributed by atoms with van der Waals surface area (Å²) in [7, 11) is 0. The van der Waals surface area contributed by atoms with E-state index >= 15 is 0 Å². The zero-order valence-corrected chi connectivity index (χ0v) is 10.9. The summed E-state index contributed by atoms with van der Waals surface area (Å²) < 4.78 is 0. The van der Waals surface area contributed by atoms with E-state index in [4.69, 9.17) is 5.73 Å². The number of aromatic amines is 1. The van der Waals surface area contributed by atoms with Crippen molar-refractivity contribution in [3.8, 4) is 0 Å². The maximum absolute atomic E-state index is 11.8. The molecule has 5 heteroatoms. The Morgan fingerprint density at radius 3 is 2.68 bits per heavy atom. The largest absolute Gasteiger partial charge is 0.382 e. The minimum atomic E-state index is -0.245. The fourth-order valence-corrected chi connectivity index (χ4v) is 1.79. The predicted molar refractivity (Wildman–Crippen MR) is 76.0 cm³/mol. The maximum Gasteiger partial charge on any atom is 0.273 e. The van der Waals surface area contributed by atoms with Crippen molar-refractivity contribution in [2.45, 2.75) is 26.2 Å². The van der Waals surface area contributed by atoms with E-state index in [1.54, 1.807) is 0 Å². The minimum Gasteiger partial charge on any atom is -0.382 e. The van der Waals surface area contributed by atoms with Gasteiger partial charge in [0.15, 0.2) is 0 Å². The quantitative estimate of drug-likeness (QED) is 0.770. The molecule has 0 aliphatic carbocycles. The van der Waals surface area contributed by atoms with Crippen molar-refractivity contribution in [1.82, 2.24) is 10.2 Å². The lowest BCUT2D eigenvalue weighted by atomic mass is 10.1. The molecule has 2 rings (SSSR count). The van der Waals surface area contributed by atoms with Crippen LogP contribution in [-0.2, 0) is 6.42 Å². The lowest BCUT2D eigenvalue weighted by molar-refractivity contribution is 0.102. The molecule has 0 unspecified atom stereocenters. The Bertz CT molecular complexity index is 545. The van der Waals surface area contributed by atoms with E-state index in [1.807, 2.05) is 24.3 Å². The van der Waals surface area contributed by atoms with E-state index in [0.29, 0.717) is 11.5 Å². The lowest BCUT2D eigenvalue weighted by Gasteiger charge is -2.05. The first-order valence-corrected chi connectivity index (χ1v) is 6.40. The Morgan fingerprint density at radius 1 is 1.37 bits per heavy atom. The van der Waals surface area contributed by atoms with Crippen molar-refractivity contribution in [2.75, 3.05) is 11.1 Å². The summed E-state index contributed by atoms with van der Waals surface area (Å²) in [6.07, 6.45) is 3.43. The fraction of sp³-hybridized carbons (Fsp3) is 0.286. The predicted octanol–water partition coefficient (Wildman–Crippen LogP) is 2.59. The van der Waals surface area contributed by atoms with Crippen LogP contribution >= 0.6 is 0 Å². The van der Waals surface area contributed by atoms with Crippen LogP contribution in [0.4, 0.5) is 11.5 Å². The van der Waals surface area contributed by atoms with Crippen molar-refractivity contribution in [3.63, 3.8) is 0 Å². The average molecular weight is 258 g/mol. The van der Waals surface area contributed by atoms with Crippen LogP contribution in [-0.4, -0.2) is 16.1 Å². The number of nitrogens with two attached hydrogens (primary N) is 1. The number of unbranched alkanes of at least 4 members (excludes halogenated alkanes) is 1. The molecule has 19 heavy (non-hydrogen) atoms. The first kappa shape index (κ1) is 13.1. The third kappa shape index (κ3) is 3.58. The van der Waals surface area contributed by atoms with E-state index in [0.717, 1.165) is 12.1 Å². The molecule has 5 nitrogen and oxygen atoms in total. The van der Waals surface area contributed by atoms with Gasteiger partial charge in [0.05, 0.1) is 0 Å². The van der Waals surface area contributed by atoms with E-state index in [2.05, 4.69) is 22.4 Å². The van der Waals surface area contributed by atoms with Crippen LogP contribution in [0.25, 0.3) is 0 Å². The van der Waals surface area contributed by atoms with Crippen molar-refractivity contribution in [1.29, 1.82) is 0 Å². The summed E-state index contributed by atoms with van der Waals surface area (Å²) in [5, 5.41) is 9.09. The van der Waals surface area contributed by atoms with Crippen molar-refractivity contribution >= 4 is 17.4 Å². The standard InChI is InChI=1S/C14H18N4O/c1-2-3-4-10-5-7-11(8-6-10)16-14(19)12-9-13(15)18-17-12/h5-9H,2-4H2,1H3,(H,16,19)(H3,15,17,18). The van der Waals surface area contributed by atoms with Gasteiger partial charge in [-0.2, -0.15) is 5.10 Å². The number of hydrogen-bond acceptors (Lipinski definition) is 3. The SMILES string of the molecule is CCCCc1ccc(NC(=O)c2cc(N)n[nH]2)cc1. The summed E-state index contributed by atoms with van der Waals surface area (Å²) in [5.41, 5.74) is 7.85. The van der Waals surface area contributed by atoms with Crippen molar-refractivity contribution < 1.29 is 4.79 Å². The molecule has 0 bridgehead atoms. The lowest BCUT2D eigenvalue weighted by Crippen LogP contribution is -2.12. The number of hydrogen-bond donors (Lipinski definition) is 3. The fourth-order valence-electron chi connectivity index (χ4n) is 1.79. The topological polar surface area (TPSA) is 83.8 Å². The molecular formula is C14H18N4O. The van der Waals surface area contributed by atoms with Gasteiger partial charge in [0.2, 0.25) is 0 Å². The molecule has 0 atom stereocenters. The van der Waals surface area contributed by atoms with E-state index in [1.165, 1.54) is 24.5 Å². The summed E-state index contributed by atoms with van der Waals surface area (Å²) in [4.78, 5) is 11.8. The highest BCUT2D eigenvalue weighted by Crippen LogP contribution is 2.13. The Kier molecular flexibility index (Phi) is 4.18. The Hall–Kier alpha value is -2.30. The molecule has 0 fully saturated rings. The van der Waals surface area contributed by atoms with Gasteiger partial charge >= 0.3 is 0 Å². The van der Waals surface area contributed by atoms with E-state index < -0.39 is 0 Å².